The predicted molar refractivity (Wildman–Crippen MR) is 121 cm³/mol. The standard InChI is InChI=1S/C24H28N4S/c1-3-19-14-18(15-20(16-25)26-2)10-11-22(19)27-23-28(21-8-4-5-9-21)24(17-29-23)12-6-7-13-24/h10-11,14-15,21H,3-9,12-13,17H2,1H3/b20-15+,27-23?. The Kier molecular flexibility index (Phi) is 5.97. The van der Waals surface area contributed by atoms with Crippen LogP contribution in [0.5, 0.6) is 0 Å². The van der Waals surface area contributed by atoms with Crippen molar-refractivity contribution < 1.29 is 0 Å². The Hall–Kier alpha value is -2.24. The number of hydrogen-bond acceptors (Lipinski definition) is 3. The maximum atomic E-state index is 9.03. The van der Waals surface area contributed by atoms with Gasteiger partial charge in [0.15, 0.2) is 5.17 Å². The molecule has 1 aromatic rings. The largest absolute Gasteiger partial charge is 0.342 e. The van der Waals surface area contributed by atoms with Gasteiger partial charge in [-0.25, -0.2) is 15.1 Å². The molecule has 0 N–H and O–H groups in total. The van der Waals surface area contributed by atoms with E-state index in [0.717, 1.165) is 17.7 Å². The van der Waals surface area contributed by atoms with Gasteiger partial charge in [0.05, 0.1) is 23.9 Å². The van der Waals surface area contributed by atoms with E-state index in [1.54, 1.807) is 6.08 Å². The number of thioether (sulfide) groups is 1. The Morgan fingerprint density at radius 3 is 2.76 bits per heavy atom. The third-order valence-corrected chi connectivity index (χ3v) is 7.88. The molecule has 3 fully saturated rings. The van der Waals surface area contributed by atoms with Gasteiger partial charge in [-0.3, -0.25) is 0 Å². The van der Waals surface area contributed by atoms with Crippen molar-refractivity contribution in [3.8, 4) is 6.07 Å². The lowest BCUT2D eigenvalue weighted by Crippen LogP contribution is -2.50. The zero-order valence-corrected chi connectivity index (χ0v) is 18.0. The first-order valence-corrected chi connectivity index (χ1v) is 11.8. The molecule has 1 heterocycles. The van der Waals surface area contributed by atoms with Gasteiger partial charge in [-0.1, -0.05) is 56.5 Å². The minimum atomic E-state index is 0.119. The molecule has 2 saturated carbocycles. The highest BCUT2D eigenvalue weighted by Crippen LogP contribution is 2.48. The number of hydrogen-bond donors (Lipinski definition) is 0. The van der Waals surface area contributed by atoms with Crippen molar-refractivity contribution in [3.05, 3.63) is 46.4 Å². The molecular formula is C24H28N4S. The quantitative estimate of drug-likeness (QED) is 0.435. The molecule has 2 aliphatic carbocycles. The first-order chi connectivity index (χ1) is 14.2. The lowest BCUT2D eigenvalue weighted by molar-refractivity contribution is 0.163. The van der Waals surface area contributed by atoms with Crippen LogP contribution in [0.4, 0.5) is 5.69 Å². The number of allylic oxidation sites excluding steroid dienone is 1. The van der Waals surface area contributed by atoms with E-state index in [4.69, 9.17) is 16.8 Å². The average Bonchev–Trinajstić information content (AvgIpc) is 3.50. The maximum Gasteiger partial charge on any atom is 0.262 e. The minimum Gasteiger partial charge on any atom is -0.342 e. The molecule has 5 heteroatoms. The number of nitrogens with zero attached hydrogens (tertiary/aromatic N) is 4. The summed E-state index contributed by atoms with van der Waals surface area (Å²) in [6.07, 6.45) is 13.2. The molecule has 0 amide bonds. The second-order valence-electron chi connectivity index (χ2n) is 8.42. The molecule has 1 aromatic carbocycles. The Morgan fingerprint density at radius 1 is 1.34 bits per heavy atom. The Balaban J connectivity index is 1.68. The summed E-state index contributed by atoms with van der Waals surface area (Å²) in [5.41, 5.74) is 3.56. The molecule has 0 bridgehead atoms. The molecule has 4 rings (SSSR count). The van der Waals surface area contributed by atoms with Crippen molar-refractivity contribution in [1.82, 2.24) is 4.90 Å². The fourth-order valence-electron chi connectivity index (χ4n) is 5.19. The van der Waals surface area contributed by atoms with Crippen molar-refractivity contribution in [3.63, 3.8) is 0 Å². The Labute approximate surface area is 178 Å². The molecule has 0 unspecified atom stereocenters. The smallest absolute Gasteiger partial charge is 0.262 e. The van der Waals surface area contributed by atoms with Gasteiger partial charge in [0.25, 0.3) is 5.70 Å². The van der Waals surface area contributed by atoms with Crippen LogP contribution in [0.1, 0.15) is 69.4 Å². The summed E-state index contributed by atoms with van der Waals surface area (Å²) in [6, 6.07) is 8.72. The number of rotatable bonds is 4. The van der Waals surface area contributed by atoms with E-state index >= 15 is 0 Å². The molecule has 150 valence electrons. The number of aliphatic imine (C=N–C) groups is 1. The predicted octanol–water partition coefficient (Wildman–Crippen LogP) is 6.32. The van der Waals surface area contributed by atoms with Crippen LogP contribution >= 0.6 is 11.8 Å². The van der Waals surface area contributed by atoms with Crippen LogP contribution in [0.3, 0.4) is 0 Å². The van der Waals surface area contributed by atoms with Crippen LogP contribution in [-0.2, 0) is 6.42 Å². The fourth-order valence-corrected chi connectivity index (χ4v) is 6.66. The summed E-state index contributed by atoms with van der Waals surface area (Å²) < 4.78 is 0. The highest BCUT2D eigenvalue weighted by atomic mass is 32.2. The number of benzene rings is 1. The van der Waals surface area contributed by atoms with Gasteiger partial charge in [0.1, 0.15) is 0 Å². The zero-order valence-electron chi connectivity index (χ0n) is 17.2. The number of aryl methyl sites for hydroxylation is 1. The summed E-state index contributed by atoms with van der Waals surface area (Å²) >= 11 is 1.95. The van der Waals surface area contributed by atoms with E-state index in [1.165, 1.54) is 67.9 Å². The third-order valence-electron chi connectivity index (χ3n) is 6.65. The maximum absolute atomic E-state index is 9.03. The molecular weight excluding hydrogens is 376 g/mol. The van der Waals surface area contributed by atoms with Gasteiger partial charge in [-0.05, 0) is 55.4 Å². The normalized spacial score (nSPS) is 23.1. The molecule has 1 saturated heterocycles. The molecule has 0 aromatic heterocycles. The first-order valence-electron chi connectivity index (χ1n) is 10.8. The van der Waals surface area contributed by atoms with Gasteiger partial charge in [-0.2, -0.15) is 0 Å². The summed E-state index contributed by atoms with van der Waals surface area (Å²) in [5, 5.41) is 10.2. The lowest BCUT2D eigenvalue weighted by atomic mass is 9.95. The van der Waals surface area contributed by atoms with E-state index in [0.29, 0.717) is 11.6 Å². The highest BCUT2D eigenvalue weighted by Gasteiger charge is 2.49. The summed E-state index contributed by atoms with van der Waals surface area (Å²) in [6.45, 7) is 9.23. The van der Waals surface area contributed by atoms with Crippen LogP contribution in [0.2, 0.25) is 0 Å². The minimum absolute atomic E-state index is 0.119. The van der Waals surface area contributed by atoms with Gasteiger partial charge >= 0.3 is 0 Å². The lowest BCUT2D eigenvalue weighted by Gasteiger charge is -2.40. The van der Waals surface area contributed by atoms with Gasteiger partial charge in [0, 0.05) is 11.8 Å². The van der Waals surface area contributed by atoms with Crippen LogP contribution in [0, 0.1) is 17.9 Å². The summed E-state index contributed by atoms with van der Waals surface area (Å²) in [7, 11) is 0. The molecule has 0 atom stereocenters. The van der Waals surface area contributed by atoms with Crippen LogP contribution in [0.25, 0.3) is 10.9 Å². The van der Waals surface area contributed by atoms with Crippen molar-refractivity contribution in [2.45, 2.75) is 76.3 Å². The number of amidine groups is 1. The van der Waals surface area contributed by atoms with Crippen molar-refractivity contribution in [2.24, 2.45) is 4.99 Å². The topological polar surface area (TPSA) is 43.8 Å². The third kappa shape index (κ3) is 3.94. The molecule has 1 spiro atoms. The van der Waals surface area contributed by atoms with Crippen molar-refractivity contribution in [2.75, 3.05) is 5.75 Å². The monoisotopic (exact) mass is 404 g/mol. The van der Waals surface area contributed by atoms with E-state index in [2.05, 4.69) is 28.8 Å². The van der Waals surface area contributed by atoms with Crippen molar-refractivity contribution in [1.29, 1.82) is 5.26 Å². The summed E-state index contributed by atoms with van der Waals surface area (Å²) in [4.78, 5) is 11.2. The molecule has 29 heavy (non-hydrogen) atoms. The van der Waals surface area contributed by atoms with E-state index in [1.807, 2.05) is 23.9 Å². The number of nitriles is 1. The summed E-state index contributed by atoms with van der Waals surface area (Å²) in [5.74, 6) is 1.18. The van der Waals surface area contributed by atoms with Crippen LogP contribution in [0.15, 0.2) is 28.9 Å². The molecule has 0 radical (unpaired) electrons. The van der Waals surface area contributed by atoms with E-state index < -0.39 is 0 Å². The van der Waals surface area contributed by atoms with Crippen LogP contribution < -0.4 is 0 Å². The SMILES string of the molecule is [C-]#[N+]/C(C#N)=C/c1ccc(N=C2SCC3(CCCC3)N2C2CCCC2)c(CC)c1. The van der Waals surface area contributed by atoms with Crippen LogP contribution in [-0.4, -0.2) is 27.4 Å². The molecule has 3 aliphatic rings. The van der Waals surface area contributed by atoms with Crippen molar-refractivity contribution >= 4 is 28.7 Å². The molecule has 4 nitrogen and oxygen atoms in total. The van der Waals surface area contributed by atoms with Gasteiger partial charge < -0.3 is 4.90 Å². The zero-order chi connectivity index (χ0) is 20.3. The fraction of sp³-hybridized carbons (Fsp3) is 0.542. The first kappa shape index (κ1) is 20.0. The second kappa shape index (κ2) is 8.64. The highest BCUT2D eigenvalue weighted by molar-refractivity contribution is 8.14. The van der Waals surface area contributed by atoms with E-state index in [9.17, 15) is 0 Å². The molecule has 1 aliphatic heterocycles. The Bertz CT molecular complexity index is 890. The Morgan fingerprint density at radius 2 is 2.10 bits per heavy atom. The van der Waals surface area contributed by atoms with Gasteiger partial charge in [-0.15, -0.1) is 0 Å². The van der Waals surface area contributed by atoms with E-state index in [-0.39, 0.29) is 5.70 Å². The second-order valence-corrected chi connectivity index (χ2v) is 9.36. The van der Waals surface area contributed by atoms with Gasteiger partial charge in [0.2, 0.25) is 0 Å². The average molecular weight is 405 g/mol.